The number of nitrogens with zero attached hydrogens (tertiary/aromatic N) is 1. The molecule has 1 rings (SSSR count). The Morgan fingerprint density at radius 1 is 1.30 bits per heavy atom. The van der Waals surface area contributed by atoms with Crippen LogP contribution in [-0.2, 0) is 9.53 Å². The molecule has 0 radical (unpaired) electrons. The molecule has 0 spiro atoms. The Morgan fingerprint density at radius 2 is 1.90 bits per heavy atom. The van der Waals surface area contributed by atoms with E-state index in [9.17, 15) is 4.79 Å². The van der Waals surface area contributed by atoms with Gasteiger partial charge in [-0.2, -0.15) is 0 Å². The van der Waals surface area contributed by atoms with Crippen LogP contribution >= 0.6 is 0 Å². The van der Waals surface area contributed by atoms with E-state index >= 15 is 0 Å². The predicted octanol–water partition coefficient (Wildman–Crippen LogP) is 2.29. The zero-order valence-electron chi connectivity index (χ0n) is 13.9. The van der Waals surface area contributed by atoms with Crippen molar-refractivity contribution in [1.82, 2.24) is 10.2 Å². The van der Waals surface area contributed by atoms with Gasteiger partial charge in [-0.1, -0.05) is 20.8 Å². The molecule has 0 aliphatic carbocycles. The van der Waals surface area contributed by atoms with E-state index in [-0.39, 0.29) is 5.97 Å². The Kier molecular flexibility index (Phi) is 6.96. The molecule has 20 heavy (non-hydrogen) atoms. The van der Waals surface area contributed by atoms with Gasteiger partial charge in [0, 0.05) is 13.1 Å². The van der Waals surface area contributed by atoms with Gasteiger partial charge < -0.3 is 15.0 Å². The second-order valence-corrected chi connectivity index (χ2v) is 6.53. The third-order valence-electron chi connectivity index (χ3n) is 4.67. The van der Waals surface area contributed by atoms with Crippen LogP contribution in [0.15, 0.2) is 0 Å². The third-order valence-corrected chi connectivity index (χ3v) is 4.67. The van der Waals surface area contributed by atoms with Gasteiger partial charge in [-0.3, -0.25) is 4.79 Å². The van der Waals surface area contributed by atoms with Crippen LogP contribution in [0.2, 0.25) is 0 Å². The van der Waals surface area contributed by atoms with Gasteiger partial charge in [0.25, 0.3) is 0 Å². The van der Waals surface area contributed by atoms with E-state index in [2.05, 4.69) is 24.1 Å². The highest BCUT2D eigenvalue weighted by Crippen LogP contribution is 2.23. The first kappa shape index (κ1) is 17.4. The normalized spacial score (nSPS) is 26.4. The Balaban J connectivity index is 2.29. The molecule has 4 heteroatoms. The first-order valence-corrected chi connectivity index (χ1v) is 7.98. The van der Waals surface area contributed by atoms with Gasteiger partial charge in [0.05, 0.1) is 7.11 Å². The van der Waals surface area contributed by atoms with E-state index in [0.29, 0.717) is 0 Å². The highest BCUT2D eigenvalue weighted by atomic mass is 16.5. The molecule has 1 aliphatic heterocycles. The average molecular weight is 284 g/mol. The molecule has 1 saturated heterocycles. The van der Waals surface area contributed by atoms with E-state index in [1.54, 1.807) is 0 Å². The maximum atomic E-state index is 11.9. The first-order valence-electron chi connectivity index (χ1n) is 7.98. The minimum absolute atomic E-state index is 0.150. The number of likely N-dealkylation sites (tertiary alicyclic amines) is 1. The maximum absolute atomic E-state index is 11.9. The molecular weight excluding hydrogens is 252 g/mol. The van der Waals surface area contributed by atoms with Crippen LogP contribution in [0.3, 0.4) is 0 Å². The summed E-state index contributed by atoms with van der Waals surface area (Å²) < 4.78 is 4.91. The zero-order chi connectivity index (χ0) is 15.2. The molecule has 0 amide bonds. The smallest absolute Gasteiger partial charge is 0.325 e. The van der Waals surface area contributed by atoms with Gasteiger partial charge in [0.1, 0.15) is 5.54 Å². The molecule has 0 aromatic carbocycles. The van der Waals surface area contributed by atoms with Crippen molar-refractivity contribution >= 4 is 5.97 Å². The number of hydrogen-bond donors (Lipinski definition) is 1. The summed E-state index contributed by atoms with van der Waals surface area (Å²) in [5, 5.41) is 3.26. The summed E-state index contributed by atoms with van der Waals surface area (Å²) in [6.07, 6.45) is 3.04. The van der Waals surface area contributed by atoms with Gasteiger partial charge in [-0.25, -0.2) is 0 Å². The number of carbonyl (C=O) groups is 1. The summed E-state index contributed by atoms with van der Waals surface area (Å²) in [5.74, 6) is 1.48. The molecular formula is C16H32N2O2. The lowest BCUT2D eigenvalue weighted by atomic mass is 9.94. The van der Waals surface area contributed by atoms with Crippen LogP contribution in [0, 0.1) is 11.8 Å². The minimum Gasteiger partial charge on any atom is -0.468 e. The number of rotatable bonds is 8. The first-order chi connectivity index (χ1) is 9.42. The summed E-state index contributed by atoms with van der Waals surface area (Å²) in [5.41, 5.74) is -0.533. The summed E-state index contributed by atoms with van der Waals surface area (Å²) in [7, 11) is 1.46. The molecule has 0 saturated carbocycles. The lowest BCUT2D eigenvalue weighted by Crippen LogP contribution is -2.50. The maximum Gasteiger partial charge on any atom is 0.325 e. The van der Waals surface area contributed by atoms with Crippen LogP contribution in [0.5, 0.6) is 0 Å². The third kappa shape index (κ3) is 4.74. The molecule has 3 unspecified atom stereocenters. The van der Waals surface area contributed by atoms with E-state index in [4.69, 9.17) is 4.74 Å². The zero-order valence-corrected chi connectivity index (χ0v) is 13.9. The van der Waals surface area contributed by atoms with Crippen LogP contribution < -0.4 is 5.32 Å². The van der Waals surface area contributed by atoms with Gasteiger partial charge in [0.15, 0.2) is 0 Å². The van der Waals surface area contributed by atoms with Crippen LogP contribution in [0.4, 0.5) is 0 Å². The number of carbonyl (C=O) groups excluding carboxylic acids is 1. The molecule has 4 nitrogen and oxygen atoms in total. The standard InChI is InChI=1S/C16H32N2O2/c1-6-17-16(4,15(19)20-5)9-7-8-10-18-11-13(2)14(3)12-18/h13-14,17H,6-12H2,1-5H3. The monoisotopic (exact) mass is 284 g/mol. The molecule has 0 aromatic rings. The minimum atomic E-state index is -0.533. The Hall–Kier alpha value is -0.610. The number of nitrogens with one attached hydrogen (secondary N) is 1. The fourth-order valence-electron chi connectivity index (χ4n) is 3.12. The quantitative estimate of drug-likeness (QED) is 0.548. The SMILES string of the molecule is CCNC(C)(CCCCN1CC(C)C(C)C1)C(=O)OC. The van der Waals surface area contributed by atoms with Gasteiger partial charge in [0.2, 0.25) is 0 Å². The average Bonchev–Trinajstić information content (AvgIpc) is 2.73. The molecule has 1 aliphatic rings. The second kappa shape index (κ2) is 7.99. The number of unbranched alkanes of at least 4 members (excludes halogenated alkanes) is 1. The Morgan fingerprint density at radius 3 is 2.40 bits per heavy atom. The van der Waals surface area contributed by atoms with Crippen molar-refractivity contribution in [1.29, 1.82) is 0 Å². The van der Waals surface area contributed by atoms with Crippen LogP contribution in [-0.4, -0.2) is 49.7 Å². The number of methoxy groups -OCH3 is 1. The fraction of sp³-hybridized carbons (Fsp3) is 0.938. The van der Waals surface area contributed by atoms with Crippen LogP contribution in [0.25, 0.3) is 0 Å². The summed E-state index contributed by atoms with van der Waals surface area (Å²) >= 11 is 0. The molecule has 1 N–H and O–H groups in total. The predicted molar refractivity (Wildman–Crippen MR) is 82.7 cm³/mol. The molecule has 1 fully saturated rings. The molecule has 1 heterocycles. The van der Waals surface area contributed by atoms with Crippen LogP contribution in [0.1, 0.15) is 47.0 Å². The number of esters is 1. The fourth-order valence-corrected chi connectivity index (χ4v) is 3.12. The highest BCUT2D eigenvalue weighted by molar-refractivity contribution is 5.80. The van der Waals surface area contributed by atoms with E-state index in [1.165, 1.54) is 20.2 Å². The lowest BCUT2D eigenvalue weighted by Gasteiger charge is -2.27. The van der Waals surface area contributed by atoms with Crippen molar-refractivity contribution in [3.8, 4) is 0 Å². The topological polar surface area (TPSA) is 41.6 Å². The number of ether oxygens (including phenoxy) is 1. The highest BCUT2D eigenvalue weighted by Gasteiger charge is 2.32. The number of likely N-dealkylation sites (N-methyl/N-ethyl adjacent to an activating group) is 1. The van der Waals surface area contributed by atoms with E-state index in [0.717, 1.165) is 44.2 Å². The number of hydrogen-bond acceptors (Lipinski definition) is 4. The van der Waals surface area contributed by atoms with Gasteiger partial charge in [-0.15, -0.1) is 0 Å². The lowest BCUT2D eigenvalue weighted by molar-refractivity contribution is -0.148. The Bertz CT molecular complexity index is 299. The van der Waals surface area contributed by atoms with Gasteiger partial charge >= 0.3 is 5.97 Å². The molecule has 3 atom stereocenters. The van der Waals surface area contributed by atoms with Crippen molar-refractivity contribution in [3.63, 3.8) is 0 Å². The largest absolute Gasteiger partial charge is 0.468 e. The second-order valence-electron chi connectivity index (χ2n) is 6.53. The summed E-state index contributed by atoms with van der Waals surface area (Å²) in [6, 6.07) is 0. The van der Waals surface area contributed by atoms with E-state index in [1.807, 2.05) is 13.8 Å². The summed E-state index contributed by atoms with van der Waals surface area (Å²) in [4.78, 5) is 14.4. The molecule has 118 valence electrons. The molecule has 0 bridgehead atoms. The summed E-state index contributed by atoms with van der Waals surface area (Å²) in [6.45, 7) is 13.0. The van der Waals surface area contributed by atoms with Gasteiger partial charge in [-0.05, 0) is 51.1 Å². The van der Waals surface area contributed by atoms with E-state index < -0.39 is 5.54 Å². The Labute approximate surface area is 124 Å². The molecule has 0 aromatic heterocycles. The van der Waals surface area contributed by atoms with Crippen molar-refractivity contribution in [3.05, 3.63) is 0 Å². The van der Waals surface area contributed by atoms with Crippen molar-refractivity contribution in [2.75, 3.05) is 33.3 Å². The van der Waals surface area contributed by atoms with Crippen molar-refractivity contribution in [2.24, 2.45) is 11.8 Å². The van der Waals surface area contributed by atoms with Crippen molar-refractivity contribution in [2.45, 2.75) is 52.5 Å². The van der Waals surface area contributed by atoms with Crippen molar-refractivity contribution < 1.29 is 9.53 Å².